The molecule has 0 radical (unpaired) electrons. The molecule has 0 saturated carbocycles. The number of aliphatic hydroxyl groups is 1. The summed E-state index contributed by atoms with van der Waals surface area (Å²) in [5, 5.41) is 10.6. The zero-order valence-electron chi connectivity index (χ0n) is 62.1. The number of carbonyl (C=O) groups is 4. The lowest BCUT2D eigenvalue weighted by molar-refractivity contribution is -0.161. The number of esters is 4. The van der Waals surface area contributed by atoms with Crippen molar-refractivity contribution in [2.75, 3.05) is 39.6 Å². The average molecular weight is 1400 g/mol. The molecule has 0 rings (SSSR count). The van der Waals surface area contributed by atoms with Gasteiger partial charge in [0.15, 0.2) is 12.2 Å². The van der Waals surface area contributed by atoms with E-state index >= 15 is 0 Å². The van der Waals surface area contributed by atoms with Crippen LogP contribution in [0.4, 0.5) is 0 Å². The van der Waals surface area contributed by atoms with E-state index in [1.54, 1.807) is 0 Å². The predicted molar refractivity (Wildman–Crippen MR) is 386 cm³/mol. The van der Waals surface area contributed by atoms with Crippen LogP contribution >= 0.6 is 15.6 Å². The summed E-state index contributed by atoms with van der Waals surface area (Å²) in [5.41, 5.74) is 0. The Labute approximate surface area is 581 Å². The van der Waals surface area contributed by atoms with Gasteiger partial charge in [0.25, 0.3) is 0 Å². The summed E-state index contributed by atoms with van der Waals surface area (Å²) in [5.74, 6) is 0.182. The molecule has 0 aliphatic carbocycles. The van der Waals surface area contributed by atoms with Gasteiger partial charge in [-0.3, -0.25) is 37.3 Å². The molecule has 0 aromatic carbocycles. The molecule has 0 aromatic rings. The lowest BCUT2D eigenvalue weighted by atomic mass is 10.00. The van der Waals surface area contributed by atoms with E-state index in [4.69, 9.17) is 37.0 Å². The number of rotatable bonds is 74. The maximum atomic E-state index is 13.1. The average Bonchev–Trinajstić information content (AvgIpc) is 3.75. The van der Waals surface area contributed by atoms with E-state index in [-0.39, 0.29) is 25.7 Å². The third-order valence-electron chi connectivity index (χ3n) is 18.0. The van der Waals surface area contributed by atoms with Crippen molar-refractivity contribution in [1.29, 1.82) is 0 Å². The van der Waals surface area contributed by atoms with Crippen molar-refractivity contribution in [3.8, 4) is 0 Å². The molecule has 0 spiro atoms. The molecule has 0 fully saturated rings. The van der Waals surface area contributed by atoms with Crippen LogP contribution in [0.2, 0.25) is 0 Å². The fraction of sp³-hybridized carbons (Fsp3) is 0.947. The third kappa shape index (κ3) is 69.0. The lowest BCUT2D eigenvalue weighted by Gasteiger charge is -2.21. The second-order valence-electron chi connectivity index (χ2n) is 28.6. The Morgan fingerprint density at radius 1 is 0.305 bits per heavy atom. The number of ether oxygens (including phenoxy) is 4. The van der Waals surface area contributed by atoms with Crippen LogP contribution in [0.15, 0.2) is 0 Å². The normalized spacial score (nSPS) is 14.4. The topological polar surface area (TPSA) is 237 Å². The summed E-state index contributed by atoms with van der Waals surface area (Å²) < 4.78 is 68.5. The van der Waals surface area contributed by atoms with Gasteiger partial charge in [-0.05, 0) is 43.4 Å². The van der Waals surface area contributed by atoms with Crippen molar-refractivity contribution in [2.45, 2.75) is 407 Å². The molecule has 0 saturated heterocycles. The summed E-state index contributed by atoms with van der Waals surface area (Å²) in [7, 11) is -9.91. The summed E-state index contributed by atoms with van der Waals surface area (Å²) in [6.07, 6.45) is 52.6. The highest BCUT2D eigenvalue weighted by atomic mass is 31.2. The summed E-state index contributed by atoms with van der Waals surface area (Å²) in [4.78, 5) is 72.8. The van der Waals surface area contributed by atoms with Gasteiger partial charge >= 0.3 is 39.5 Å². The Morgan fingerprint density at radius 2 is 0.537 bits per heavy atom. The second kappa shape index (κ2) is 66.6. The monoisotopic (exact) mass is 1400 g/mol. The third-order valence-corrected chi connectivity index (χ3v) is 19.9. The van der Waals surface area contributed by atoms with E-state index in [1.165, 1.54) is 193 Å². The first-order valence-corrected chi connectivity index (χ1v) is 42.4. The fourth-order valence-corrected chi connectivity index (χ4v) is 13.1. The van der Waals surface area contributed by atoms with Gasteiger partial charge in [0.2, 0.25) is 0 Å². The number of unbranched alkanes of at least 4 members (excludes halogenated alkanes) is 41. The van der Waals surface area contributed by atoms with Gasteiger partial charge in [-0.1, -0.05) is 337 Å². The molecule has 0 aliphatic heterocycles. The van der Waals surface area contributed by atoms with Crippen LogP contribution in [0.3, 0.4) is 0 Å². The largest absolute Gasteiger partial charge is 0.472 e. The SMILES string of the molecule is CCCCCCCCCCCCCCCCC(=O)O[C@H](COC(=O)CCCCCCCCC(C)CC)COP(=O)(O)OC[C@H](O)COP(=O)(O)OC[C@@H](COC(=O)CCCCCCCCCCCCCCC(C)C)OC(=O)CCCCCCCCCCCCCCCC(C)C. The minimum atomic E-state index is -4.96. The standard InChI is InChI=1S/C76H148O17P2/c1-8-10-11-12-13-14-15-16-19-26-31-36-45-52-59-76(81)93-72(64-87-74(79)58-51-44-39-38-42-49-56-69(7)9-2)66-91-95(84,85)89-62-70(77)61-88-94(82,83)90-65-71(63-86-73(78)57-50-43-35-30-25-22-21-24-29-34-41-48-55-68(5)6)92-75(80)60-53-46-37-32-27-20-17-18-23-28-33-40-47-54-67(3)4/h67-72,77H,8-66H2,1-7H3,(H,82,83)(H,84,85)/t69?,70-,71-,72-/m1/s1. The Balaban J connectivity index is 5.26. The molecule has 3 unspecified atom stereocenters. The molecular formula is C76H148O17P2. The van der Waals surface area contributed by atoms with Gasteiger partial charge in [-0.15, -0.1) is 0 Å². The van der Waals surface area contributed by atoms with Crippen molar-refractivity contribution in [3.63, 3.8) is 0 Å². The van der Waals surface area contributed by atoms with Crippen molar-refractivity contribution in [3.05, 3.63) is 0 Å². The highest BCUT2D eigenvalue weighted by Gasteiger charge is 2.30. The highest BCUT2D eigenvalue weighted by Crippen LogP contribution is 2.45. The number of hydrogen-bond donors (Lipinski definition) is 3. The molecule has 19 heteroatoms. The molecule has 6 atom stereocenters. The van der Waals surface area contributed by atoms with Gasteiger partial charge in [-0.2, -0.15) is 0 Å². The van der Waals surface area contributed by atoms with Gasteiger partial charge in [0, 0.05) is 25.7 Å². The van der Waals surface area contributed by atoms with E-state index in [0.717, 1.165) is 114 Å². The van der Waals surface area contributed by atoms with Crippen LogP contribution in [0, 0.1) is 17.8 Å². The number of aliphatic hydroxyl groups excluding tert-OH is 1. The first kappa shape index (κ1) is 93.1. The van der Waals surface area contributed by atoms with Crippen molar-refractivity contribution in [2.24, 2.45) is 17.8 Å². The van der Waals surface area contributed by atoms with Crippen LogP contribution in [0.1, 0.15) is 389 Å². The molecule has 0 heterocycles. The van der Waals surface area contributed by atoms with Crippen molar-refractivity contribution in [1.82, 2.24) is 0 Å². The summed E-state index contributed by atoms with van der Waals surface area (Å²) >= 11 is 0. The van der Waals surface area contributed by atoms with E-state index < -0.39 is 97.5 Å². The van der Waals surface area contributed by atoms with Crippen LogP contribution in [0.5, 0.6) is 0 Å². The predicted octanol–water partition coefficient (Wildman–Crippen LogP) is 22.2. The van der Waals surface area contributed by atoms with E-state index in [2.05, 4.69) is 48.5 Å². The fourth-order valence-electron chi connectivity index (χ4n) is 11.6. The molecule has 3 N–H and O–H groups in total. The molecular weight excluding hydrogens is 1250 g/mol. The van der Waals surface area contributed by atoms with Crippen LogP contribution in [-0.2, 0) is 65.4 Å². The smallest absolute Gasteiger partial charge is 0.462 e. The van der Waals surface area contributed by atoms with E-state index in [0.29, 0.717) is 25.7 Å². The highest BCUT2D eigenvalue weighted by molar-refractivity contribution is 7.47. The molecule has 0 aromatic heterocycles. The van der Waals surface area contributed by atoms with Crippen LogP contribution < -0.4 is 0 Å². The molecule has 0 bridgehead atoms. The minimum absolute atomic E-state index is 0.107. The number of hydrogen-bond acceptors (Lipinski definition) is 15. The Kier molecular flexibility index (Phi) is 65.2. The Hall–Kier alpha value is -1.94. The van der Waals surface area contributed by atoms with Crippen LogP contribution in [0.25, 0.3) is 0 Å². The summed E-state index contributed by atoms with van der Waals surface area (Å²) in [6.45, 7) is 11.9. The van der Waals surface area contributed by atoms with Crippen molar-refractivity contribution < 1.29 is 80.2 Å². The first-order chi connectivity index (χ1) is 45.8. The summed E-state index contributed by atoms with van der Waals surface area (Å²) in [6, 6.07) is 0. The maximum absolute atomic E-state index is 13.1. The molecule has 564 valence electrons. The Bertz CT molecular complexity index is 1850. The van der Waals surface area contributed by atoms with Crippen molar-refractivity contribution >= 4 is 39.5 Å². The van der Waals surface area contributed by atoms with Gasteiger partial charge in [0.05, 0.1) is 26.4 Å². The van der Waals surface area contributed by atoms with Crippen LogP contribution in [-0.4, -0.2) is 96.7 Å². The molecule has 95 heavy (non-hydrogen) atoms. The van der Waals surface area contributed by atoms with Gasteiger partial charge < -0.3 is 33.8 Å². The number of phosphoric acid groups is 2. The van der Waals surface area contributed by atoms with E-state index in [1.807, 2.05) is 0 Å². The van der Waals surface area contributed by atoms with E-state index in [9.17, 15) is 43.2 Å². The molecule has 17 nitrogen and oxygen atoms in total. The molecule has 0 aliphatic rings. The minimum Gasteiger partial charge on any atom is -0.462 e. The first-order valence-electron chi connectivity index (χ1n) is 39.4. The van der Waals surface area contributed by atoms with Gasteiger partial charge in [0.1, 0.15) is 19.3 Å². The lowest BCUT2D eigenvalue weighted by Crippen LogP contribution is -2.30. The second-order valence-corrected chi connectivity index (χ2v) is 31.5. The quantitative estimate of drug-likeness (QED) is 0.0222. The Morgan fingerprint density at radius 3 is 0.800 bits per heavy atom. The zero-order chi connectivity index (χ0) is 70.1. The number of phosphoric ester groups is 2. The van der Waals surface area contributed by atoms with Gasteiger partial charge in [-0.25, -0.2) is 9.13 Å². The number of carbonyl (C=O) groups excluding carboxylic acids is 4. The zero-order valence-corrected chi connectivity index (χ0v) is 63.9. The maximum Gasteiger partial charge on any atom is 0.472 e. The molecule has 0 amide bonds.